The van der Waals surface area contributed by atoms with Gasteiger partial charge in [0.2, 0.25) is 0 Å². The fraction of sp³-hybridized carbons (Fsp3) is 0. The molecular weight excluding hydrogens is 605 g/mol. The number of hydrogen-bond donors (Lipinski definition) is 0. The lowest BCUT2D eigenvalue weighted by molar-refractivity contribution is 1.18. The highest BCUT2D eigenvalue weighted by Gasteiger charge is 2.16. The summed E-state index contributed by atoms with van der Waals surface area (Å²) in [5, 5.41) is -0.912. The van der Waals surface area contributed by atoms with Crippen LogP contribution >= 0.6 is 0 Å². The van der Waals surface area contributed by atoms with Crippen molar-refractivity contribution in [1.82, 2.24) is 9.13 Å². The Hall–Kier alpha value is -6.64. The van der Waals surface area contributed by atoms with Crippen LogP contribution in [0.25, 0.3) is 88.4 Å². The molecule has 2 heteroatoms. The highest BCUT2D eigenvalue weighted by molar-refractivity contribution is 6.12. The van der Waals surface area contributed by atoms with Gasteiger partial charge in [-0.05, 0) is 93.9 Å². The van der Waals surface area contributed by atoms with Crippen molar-refractivity contribution in [2.75, 3.05) is 0 Å². The first-order chi connectivity index (χ1) is 32.7. The molecule has 0 saturated carbocycles. The molecule has 2 aromatic heterocycles. The fourth-order valence-corrected chi connectivity index (χ4v) is 6.42. The van der Waals surface area contributed by atoms with Crippen LogP contribution in [0.4, 0.5) is 0 Å². The molecule has 0 aliphatic heterocycles. The van der Waals surface area contributed by atoms with Crippen molar-refractivity contribution in [3.05, 3.63) is 194 Å². The van der Waals surface area contributed by atoms with Gasteiger partial charge in [-0.1, -0.05) is 133 Å². The van der Waals surface area contributed by atoms with E-state index in [0.717, 1.165) is 11.1 Å². The smallest absolute Gasteiger partial charge is 0.0645 e. The van der Waals surface area contributed by atoms with Gasteiger partial charge in [0.25, 0.3) is 0 Å². The summed E-state index contributed by atoms with van der Waals surface area (Å²) in [6.07, 6.45) is 0. The summed E-state index contributed by atoms with van der Waals surface area (Å²) in [6.45, 7) is 0. The third-order valence-electron chi connectivity index (χ3n) is 8.69. The van der Waals surface area contributed by atoms with Gasteiger partial charge in [-0.3, -0.25) is 0 Å². The maximum atomic E-state index is 9.83. The average Bonchev–Trinajstić information content (AvgIpc) is 3.91. The van der Waals surface area contributed by atoms with Crippen molar-refractivity contribution in [1.29, 1.82) is 0 Å². The van der Waals surface area contributed by atoms with Crippen molar-refractivity contribution < 1.29 is 26.0 Å². The van der Waals surface area contributed by atoms with E-state index in [1.54, 1.807) is 24.3 Å². The Balaban J connectivity index is 1.32. The summed E-state index contributed by atoms with van der Waals surface area (Å²) in [5.74, 6) is 0. The maximum Gasteiger partial charge on any atom is 0.0645 e. The molecule has 50 heavy (non-hydrogen) atoms. The van der Waals surface area contributed by atoms with Crippen molar-refractivity contribution in [3.63, 3.8) is 0 Å². The highest BCUT2D eigenvalue weighted by Crippen LogP contribution is 2.39. The van der Waals surface area contributed by atoms with Crippen LogP contribution < -0.4 is 0 Å². The number of rotatable bonds is 5. The van der Waals surface area contributed by atoms with E-state index in [4.69, 9.17) is 17.8 Å². The summed E-state index contributed by atoms with van der Waals surface area (Å²) in [4.78, 5) is 0. The Morgan fingerprint density at radius 3 is 1.48 bits per heavy atom. The van der Waals surface area contributed by atoms with Crippen LogP contribution in [0, 0.1) is 0 Å². The average molecular weight is 656 g/mol. The summed E-state index contributed by atoms with van der Waals surface area (Å²) in [7, 11) is 0. The molecule has 0 aliphatic rings. The molecule has 2 nitrogen and oxygen atoms in total. The largest absolute Gasteiger partial charge is 0.309 e. The summed E-state index contributed by atoms with van der Waals surface area (Å²) in [6, 6.07) is 10.6. The summed E-state index contributed by atoms with van der Waals surface area (Å²) >= 11 is 0. The van der Waals surface area contributed by atoms with E-state index >= 15 is 0 Å². The van der Waals surface area contributed by atoms with Crippen LogP contribution in [-0.2, 0) is 0 Å². The molecule has 0 radical (unpaired) electrons. The van der Waals surface area contributed by atoms with Crippen LogP contribution in [0.3, 0.4) is 0 Å². The number of nitrogens with zero attached hydrogens (tertiary/aromatic N) is 2. The van der Waals surface area contributed by atoms with E-state index in [9.17, 15) is 8.22 Å². The minimum atomic E-state index is -0.739. The predicted molar refractivity (Wildman–Crippen MR) is 211 cm³/mol. The van der Waals surface area contributed by atoms with Crippen molar-refractivity contribution in [2.24, 2.45) is 0 Å². The van der Waals surface area contributed by atoms with E-state index < -0.39 is 126 Å². The van der Waals surface area contributed by atoms with Crippen molar-refractivity contribution >= 4 is 43.6 Å². The first-order valence-electron chi connectivity index (χ1n) is 25.1. The van der Waals surface area contributed by atoms with Gasteiger partial charge in [-0.25, -0.2) is 0 Å². The van der Waals surface area contributed by atoms with Gasteiger partial charge >= 0.3 is 0 Å². The Labute approximate surface area is 317 Å². The first kappa shape index (κ1) is 15.3. The minimum Gasteiger partial charge on any atom is -0.309 e. The number of benzene rings is 8. The Kier molecular flexibility index (Phi) is 3.52. The molecule has 0 N–H and O–H groups in total. The molecule has 0 spiro atoms. The van der Waals surface area contributed by atoms with Crippen LogP contribution in [0.5, 0.6) is 0 Å². The van der Waals surface area contributed by atoms with E-state index in [-0.39, 0.29) is 60.4 Å². The Morgan fingerprint density at radius 2 is 0.840 bits per heavy atom. The van der Waals surface area contributed by atoms with Gasteiger partial charge in [0.15, 0.2) is 0 Å². The lowest BCUT2D eigenvalue weighted by Gasteiger charge is -2.11. The molecule has 10 aromatic rings. The van der Waals surface area contributed by atoms with Crippen molar-refractivity contribution in [3.8, 4) is 44.8 Å². The maximum absolute atomic E-state index is 9.83. The number of para-hydroxylation sites is 2. The highest BCUT2D eigenvalue weighted by atomic mass is 15.0. The SMILES string of the molecule is [2H]c1c([2H])c([2H])c(-c2cccc(-n3c4c([2H])c([2H])c([2H])c([2H])c4c4c([2H])c(-c5c([2H])c([2H])c6c(c5[2H])c5c([2H])c([2H])c([2H])c([2H])c5n6-c5ccc(-c6ccccc6)cc5)c([2H])c([2H])c43)c2)c([2H])c1[2H]. The van der Waals surface area contributed by atoms with Crippen molar-refractivity contribution in [2.45, 2.75) is 0 Å². The molecule has 0 bridgehead atoms. The third kappa shape index (κ3) is 4.57. The zero-order valence-corrected chi connectivity index (χ0v) is 25.9. The molecule has 0 atom stereocenters. The van der Waals surface area contributed by atoms with Crippen LogP contribution in [0.2, 0.25) is 0 Å². The third-order valence-corrected chi connectivity index (χ3v) is 8.69. The number of fused-ring (bicyclic) bond motifs is 6. The monoisotopic (exact) mass is 655 g/mol. The predicted octanol–water partition coefficient (Wildman–Crippen LogP) is 12.9. The van der Waals surface area contributed by atoms with Crippen LogP contribution in [0.1, 0.15) is 26.0 Å². The summed E-state index contributed by atoms with van der Waals surface area (Å²) in [5.41, 5.74) is 0.308. The minimum absolute atomic E-state index is 0.0698. The van der Waals surface area contributed by atoms with Gasteiger partial charge in [-0.2, -0.15) is 0 Å². The van der Waals surface area contributed by atoms with Crippen LogP contribution in [-0.4, -0.2) is 9.13 Å². The quantitative estimate of drug-likeness (QED) is 0.175. The number of aromatic nitrogens is 2. The topological polar surface area (TPSA) is 9.86 Å². The zero-order valence-electron chi connectivity index (χ0n) is 44.9. The molecule has 0 fully saturated rings. The Bertz CT molecular complexity index is 3910. The van der Waals surface area contributed by atoms with Gasteiger partial charge in [-0.15, -0.1) is 0 Å². The van der Waals surface area contributed by atoms with Crippen LogP contribution in [0.15, 0.2) is 194 Å². The molecule has 234 valence electrons. The van der Waals surface area contributed by atoms with Gasteiger partial charge in [0.1, 0.15) is 0 Å². The molecule has 8 aromatic carbocycles. The normalized spacial score (nSPS) is 16.9. The molecule has 2 heterocycles. The Morgan fingerprint density at radius 1 is 0.320 bits per heavy atom. The molecular formula is C48H32N2. The zero-order chi connectivity index (χ0) is 49.6. The molecule has 0 amide bonds. The first-order valence-corrected chi connectivity index (χ1v) is 15.6. The lowest BCUT2D eigenvalue weighted by atomic mass is 10.0. The van der Waals surface area contributed by atoms with E-state index in [0.29, 0.717) is 5.69 Å². The fourth-order valence-electron chi connectivity index (χ4n) is 6.42. The van der Waals surface area contributed by atoms with Gasteiger partial charge < -0.3 is 9.13 Å². The summed E-state index contributed by atoms with van der Waals surface area (Å²) < 4.78 is 173. The second kappa shape index (κ2) is 11.5. The molecule has 0 unspecified atom stereocenters. The van der Waals surface area contributed by atoms with E-state index in [1.165, 1.54) is 33.4 Å². The lowest BCUT2D eigenvalue weighted by Crippen LogP contribution is -1.94. The second-order valence-electron chi connectivity index (χ2n) is 11.5. The standard InChI is InChI=1S/C48H32N2/c1-3-12-33(13-4-1)35-22-26-39(27-23-35)49-45-20-9-7-18-41(45)43-31-37(24-28-47(43)49)38-25-29-48-44(32-38)42-19-8-10-21-46(42)50(48)40-17-11-16-36(30-40)34-14-5-2-6-15-34/h1-32H/i2D,5D,6D,7D,8D,9D,10D,14D,15D,18D,19D,20D,21D,24D,25D,28D,29D,31D,32D. The number of hydrogen-bond acceptors (Lipinski definition) is 0. The van der Waals surface area contributed by atoms with Gasteiger partial charge in [0.05, 0.1) is 48.1 Å². The van der Waals surface area contributed by atoms with E-state index in [2.05, 4.69) is 0 Å². The molecule has 10 rings (SSSR count). The van der Waals surface area contributed by atoms with E-state index in [1.807, 2.05) is 30.3 Å². The second-order valence-corrected chi connectivity index (χ2v) is 11.5. The molecule has 0 aliphatic carbocycles. The molecule has 0 saturated heterocycles. The van der Waals surface area contributed by atoms with Gasteiger partial charge in [0, 0.05) is 32.9 Å².